The Balaban J connectivity index is 0.000000176. The minimum Gasteiger partial charge on any atom is -0.403 e. The molecule has 1 amide bonds. The smallest absolute Gasteiger partial charge is 0.234 e. The maximum absolute atomic E-state index is 13.0. The third-order valence-electron chi connectivity index (χ3n) is 5.20. The van der Waals surface area contributed by atoms with E-state index in [-0.39, 0.29) is 11.7 Å². The quantitative estimate of drug-likeness (QED) is 0.215. The standard InChI is InChI=1S/C13H17NOS.C10H10FN3O/c1-10-6-8-11(9-7-10)14-12-4-2-3-5-13(12)15-16-14;11-8-3-1-2-4-9(8)13-6-5-10(12)14-7-15/h2-5,10-11H,6-9H2,1H3;1-7,13H,(H2,12,14,15)/b;6-5-. The van der Waals surface area contributed by atoms with Crippen LogP contribution in [0.1, 0.15) is 32.6 Å². The van der Waals surface area contributed by atoms with Crippen molar-refractivity contribution in [2.24, 2.45) is 16.6 Å². The molecule has 2 aliphatic rings. The number of anilines is 2. The Morgan fingerprint density at radius 2 is 1.90 bits per heavy atom. The summed E-state index contributed by atoms with van der Waals surface area (Å²) >= 11 is 1.51. The van der Waals surface area contributed by atoms with Crippen LogP contribution >= 0.6 is 12.2 Å². The van der Waals surface area contributed by atoms with E-state index in [1.807, 2.05) is 12.1 Å². The number of amidine groups is 1. The Bertz CT molecular complexity index is 929. The lowest BCUT2D eigenvalue weighted by Gasteiger charge is -2.32. The first kappa shape index (κ1) is 22.7. The maximum Gasteiger partial charge on any atom is 0.234 e. The van der Waals surface area contributed by atoms with E-state index in [9.17, 15) is 9.18 Å². The Labute approximate surface area is 186 Å². The minimum absolute atomic E-state index is 0.0499. The number of nitrogens with two attached hydrogens (primary N) is 1. The second kappa shape index (κ2) is 11.4. The number of aliphatic imine (C=N–C) groups is 1. The SMILES string of the molecule is CC1CCC(N2SOc3ccccc32)CC1.NC(/C=C\Nc1ccccc1F)=NC=O. The summed E-state index contributed by atoms with van der Waals surface area (Å²) in [6, 6.07) is 15.2. The second-order valence-electron chi connectivity index (χ2n) is 7.48. The molecule has 0 atom stereocenters. The molecule has 164 valence electrons. The van der Waals surface area contributed by atoms with E-state index in [1.165, 1.54) is 61.9 Å². The van der Waals surface area contributed by atoms with Gasteiger partial charge in [-0.1, -0.05) is 31.2 Å². The van der Waals surface area contributed by atoms with Crippen molar-refractivity contribution in [3.8, 4) is 5.75 Å². The van der Waals surface area contributed by atoms with Crippen LogP contribution in [0.15, 0.2) is 65.8 Å². The normalized spacial score (nSPS) is 20.5. The topological polar surface area (TPSA) is 80.0 Å². The van der Waals surface area contributed by atoms with Gasteiger partial charge in [0.05, 0.1) is 11.4 Å². The van der Waals surface area contributed by atoms with E-state index in [0.29, 0.717) is 18.1 Å². The van der Waals surface area contributed by atoms with E-state index in [2.05, 4.69) is 33.7 Å². The van der Waals surface area contributed by atoms with E-state index in [1.54, 1.807) is 18.2 Å². The van der Waals surface area contributed by atoms with Crippen LogP contribution in [0.4, 0.5) is 15.8 Å². The minimum atomic E-state index is -0.368. The molecule has 1 aliphatic heterocycles. The second-order valence-corrected chi connectivity index (χ2v) is 8.19. The van der Waals surface area contributed by atoms with Crippen molar-refractivity contribution in [2.45, 2.75) is 38.6 Å². The van der Waals surface area contributed by atoms with Gasteiger partial charge >= 0.3 is 0 Å². The molecule has 1 aliphatic carbocycles. The van der Waals surface area contributed by atoms with Gasteiger partial charge in [-0.15, -0.1) is 0 Å². The van der Waals surface area contributed by atoms with Crippen LogP contribution in [0.2, 0.25) is 0 Å². The van der Waals surface area contributed by atoms with E-state index in [4.69, 9.17) is 9.92 Å². The van der Waals surface area contributed by atoms with Crippen LogP contribution < -0.4 is 19.5 Å². The van der Waals surface area contributed by atoms with Gasteiger partial charge in [0.15, 0.2) is 18.0 Å². The molecule has 0 saturated heterocycles. The number of halogens is 1. The molecule has 2 aromatic carbocycles. The average Bonchev–Trinajstić information content (AvgIpc) is 3.21. The van der Waals surface area contributed by atoms with Crippen LogP contribution in [0.3, 0.4) is 0 Å². The Hall–Kier alpha value is -3.00. The molecule has 0 aromatic heterocycles. The molecule has 0 spiro atoms. The number of hydrogen-bond acceptors (Lipinski definition) is 5. The lowest BCUT2D eigenvalue weighted by Crippen LogP contribution is -2.31. The van der Waals surface area contributed by atoms with E-state index in [0.717, 1.165) is 11.7 Å². The van der Waals surface area contributed by atoms with Crippen LogP contribution in [-0.4, -0.2) is 18.3 Å². The molecule has 4 rings (SSSR count). The third kappa shape index (κ3) is 6.49. The molecule has 31 heavy (non-hydrogen) atoms. The monoisotopic (exact) mass is 442 g/mol. The number of carbonyl (C=O) groups is 1. The summed E-state index contributed by atoms with van der Waals surface area (Å²) in [5, 5.41) is 2.67. The first-order valence-corrected chi connectivity index (χ1v) is 11.0. The molecule has 8 heteroatoms. The first-order valence-electron chi connectivity index (χ1n) is 10.3. The van der Waals surface area contributed by atoms with Crippen LogP contribution in [-0.2, 0) is 4.79 Å². The average molecular weight is 443 g/mol. The van der Waals surface area contributed by atoms with Crippen molar-refractivity contribution in [2.75, 3.05) is 9.62 Å². The van der Waals surface area contributed by atoms with Crippen molar-refractivity contribution >= 4 is 35.8 Å². The van der Waals surface area contributed by atoms with Gasteiger partial charge in [-0.3, -0.25) is 9.10 Å². The van der Waals surface area contributed by atoms with Gasteiger partial charge in [0.2, 0.25) is 6.41 Å². The van der Waals surface area contributed by atoms with E-state index >= 15 is 0 Å². The fourth-order valence-corrected chi connectivity index (χ4v) is 4.33. The molecule has 1 saturated carbocycles. The number of nitrogens with one attached hydrogen (secondary N) is 1. The summed E-state index contributed by atoms with van der Waals surface area (Å²) in [5.41, 5.74) is 6.87. The molecular formula is C23H27FN4O2S. The number of amides is 1. The molecule has 1 fully saturated rings. The number of benzene rings is 2. The Morgan fingerprint density at radius 1 is 1.19 bits per heavy atom. The van der Waals surface area contributed by atoms with Crippen molar-refractivity contribution in [1.82, 2.24) is 0 Å². The number of hydrogen-bond donors (Lipinski definition) is 2. The highest BCUT2D eigenvalue weighted by atomic mass is 32.2. The molecular weight excluding hydrogens is 415 g/mol. The highest BCUT2D eigenvalue weighted by Crippen LogP contribution is 2.45. The zero-order chi connectivity index (χ0) is 22.1. The zero-order valence-corrected chi connectivity index (χ0v) is 18.2. The van der Waals surface area contributed by atoms with Crippen molar-refractivity contribution in [3.05, 3.63) is 66.6 Å². The summed E-state index contributed by atoms with van der Waals surface area (Å²) in [6.45, 7) is 2.36. The van der Waals surface area contributed by atoms with Crippen LogP contribution in [0.25, 0.3) is 0 Å². The van der Waals surface area contributed by atoms with E-state index < -0.39 is 0 Å². The summed E-state index contributed by atoms with van der Waals surface area (Å²) in [5.74, 6) is 1.60. The fourth-order valence-electron chi connectivity index (χ4n) is 3.46. The summed E-state index contributed by atoms with van der Waals surface area (Å²) in [4.78, 5) is 13.2. The number of carbonyl (C=O) groups excluding carboxylic acids is 1. The molecule has 3 N–H and O–H groups in total. The number of rotatable bonds is 5. The summed E-state index contributed by atoms with van der Waals surface area (Å²) in [7, 11) is 0. The predicted molar refractivity (Wildman–Crippen MR) is 125 cm³/mol. The van der Waals surface area contributed by atoms with Gasteiger partial charge in [-0.25, -0.2) is 4.39 Å². The lowest BCUT2D eigenvalue weighted by atomic mass is 9.87. The van der Waals surface area contributed by atoms with Crippen molar-refractivity contribution in [1.29, 1.82) is 0 Å². The molecule has 1 heterocycles. The Morgan fingerprint density at radius 3 is 2.65 bits per heavy atom. The Kier molecular flexibility index (Phi) is 8.35. The number of nitrogens with zero attached hydrogens (tertiary/aromatic N) is 2. The fraction of sp³-hybridized carbons (Fsp3) is 0.304. The summed E-state index contributed by atoms with van der Waals surface area (Å²) < 4.78 is 21.0. The zero-order valence-electron chi connectivity index (χ0n) is 17.4. The van der Waals surface area contributed by atoms with Crippen molar-refractivity contribution in [3.63, 3.8) is 0 Å². The van der Waals surface area contributed by atoms with Gasteiger partial charge < -0.3 is 15.2 Å². The molecule has 2 aromatic rings. The highest BCUT2D eigenvalue weighted by Gasteiger charge is 2.31. The largest absolute Gasteiger partial charge is 0.403 e. The van der Waals surface area contributed by atoms with Gasteiger partial charge in [-0.2, -0.15) is 4.99 Å². The summed E-state index contributed by atoms with van der Waals surface area (Å²) in [6.07, 6.45) is 8.40. The van der Waals surface area contributed by atoms with Gasteiger partial charge in [-0.05, 0) is 61.9 Å². The van der Waals surface area contributed by atoms with Gasteiger partial charge in [0.1, 0.15) is 11.7 Å². The third-order valence-corrected chi connectivity index (χ3v) is 6.11. The first-order chi connectivity index (χ1) is 15.1. The van der Waals surface area contributed by atoms with Crippen LogP contribution in [0, 0.1) is 11.7 Å². The predicted octanol–water partition coefficient (Wildman–Crippen LogP) is 5.29. The van der Waals surface area contributed by atoms with Gasteiger partial charge in [0, 0.05) is 12.2 Å². The molecule has 6 nitrogen and oxygen atoms in total. The maximum atomic E-state index is 13.0. The lowest BCUT2D eigenvalue weighted by molar-refractivity contribution is -0.106. The van der Waals surface area contributed by atoms with Crippen molar-refractivity contribution < 1.29 is 13.4 Å². The number of fused-ring (bicyclic) bond motifs is 1. The highest BCUT2D eigenvalue weighted by molar-refractivity contribution is 7.96. The van der Waals surface area contributed by atoms with Gasteiger partial charge in [0.25, 0.3) is 0 Å². The molecule has 0 unspecified atom stereocenters. The molecule has 0 radical (unpaired) electrons. The van der Waals surface area contributed by atoms with Crippen LogP contribution in [0.5, 0.6) is 5.75 Å². The number of para-hydroxylation sites is 3. The molecule has 0 bridgehead atoms.